The SMILES string of the molecule is C[O][SnH]([O]C)[O][SnH3]. The summed E-state index contributed by atoms with van der Waals surface area (Å²) in [6.45, 7) is 0. The van der Waals surface area contributed by atoms with Crippen molar-refractivity contribution in [1.29, 1.82) is 0 Å². The molecule has 0 aliphatic heterocycles. The Morgan fingerprint density at radius 1 is 1.29 bits per heavy atom. The van der Waals surface area contributed by atoms with Crippen molar-refractivity contribution in [3.63, 3.8) is 0 Å². The van der Waals surface area contributed by atoms with Crippen molar-refractivity contribution in [2.75, 3.05) is 14.2 Å². The fourth-order valence-corrected chi connectivity index (χ4v) is 9.31. The molecule has 0 aliphatic carbocycles. The molecule has 0 unspecified atom stereocenters. The van der Waals surface area contributed by atoms with Crippen molar-refractivity contribution < 1.29 is 7.56 Å². The van der Waals surface area contributed by atoms with E-state index in [-0.39, 0.29) is 22.9 Å². The van der Waals surface area contributed by atoms with Crippen LogP contribution in [0.1, 0.15) is 0 Å². The molecule has 0 N–H and O–H groups in total. The van der Waals surface area contributed by atoms with Crippen molar-refractivity contribution >= 4 is 43.9 Å². The molecule has 0 aliphatic rings. The van der Waals surface area contributed by atoms with Crippen LogP contribution in [0.15, 0.2) is 0 Å². The average Bonchev–Trinajstić information content (AvgIpc) is 1.72. The Bertz CT molecular complexity index is 32.4. The van der Waals surface area contributed by atoms with E-state index in [0.29, 0.717) is 0 Å². The molecular weight excluding hydrogens is 309 g/mol. The summed E-state index contributed by atoms with van der Waals surface area (Å²) in [5.74, 6) is 0. The Balaban J connectivity index is 2.99. The second-order valence-corrected chi connectivity index (χ2v) is 15.7. The molecule has 0 bridgehead atoms. The Morgan fingerprint density at radius 3 is 1.71 bits per heavy atom. The predicted molar refractivity (Wildman–Crippen MR) is 32.2 cm³/mol. The summed E-state index contributed by atoms with van der Waals surface area (Å²) in [7, 11) is 3.28. The van der Waals surface area contributed by atoms with Crippen LogP contribution in [0.2, 0.25) is 0 Å². The van der Waals surface area contributed by atoms with Crippen molar-refractivity contribution in [1.82, 2.24) is 0 Å². The average molecular weight is 320 g/mol. The maximum absolute atomic E-state index is 5.02. The van der Waals surface area contributed by atoms with E-state index >= 15 is 0 Å². The molecule has 0 saturated heterocycles. The topological polar surface area (TPSA) is 27.7 Å². The first-order chi connectivity index (χ1) is 3.35. The van der Waals surface area contributed by atoms with Gasteiger partial charge in [-0.05, 0) is 0 Å². The quantitative estimate of drug-likeness (QED) is 0.580. The van der Waals surface area contributed by atoms with E-state index < -0.39 is 21.0 Å². The molecule has 5 heteroatoms. The molecule has 0 fully saturated rings. The van der Waals surface area contributed by atoms with Gasteiger partial charge in [0.1, 0.15) is 0 Å². The number of hydrogen-bond acceptors (Lipinski definition) is 3. The fourth-order valence-electron chi connectivity index (χ4n) is 0.289. The van der Waals surface area contributed by atoms with Crippen LogP contribution >= 0.6 is 0 Å². The van der Waals surface area contributed by atoms with Crippen LogP contribution in [0.4, 0.5) is 0 Å². The first-order valence-electron chi connectivity index (χ1n) is 1.93. The van der Waals surface area contributed by atoms with E-state index in [0.717, 1.165) is 0 Å². The van der Waals surface area contributed by atoms with E-state index in [4.69, 9.17) is 7.56 Å². The predicted octanol–water partition coefficient (Wildman–Crippen LogP) is -1.71. The Kier molecular flexibility index (Phi) is 6.80. The van der Waals surface area contributed by atoms with Crippen molar-refractivity contribution in [2.45, 2.75) is 0 Å². The van der Waals surface area contributed by atoms with Crippen LogP contribution in [0.5, 0.6) is 0 Å². The van der Waals surface area contributed by atoms with E-state index in [1.165, 1.54) is 0 Å². The fraction of sp³-hybridized carbons (Fsp3) is 1.00. The first-order valence-corrected chi connectivity index (χ1v) is 8.30. The Hall–Kier alpha value is 1.48. The minimum atomic E-state index is -2.17. The molecule has 0 aromatic heterocycles. The molecule has 0 amide bonds. The zero-order chi connectivity index (χ0) is 5.70. The van der Waals surface area contributed by atoms with Gasteiger partial charge in [0.05, 0.1) is 0 Å². The summed E-state index contributed by atoms with van der Waals surface area (Å²) in [6.07, 6.45) is 0. The van der Waals surface area contributed by atoms with E-state index in [2.05, 4.69) is 0 Å². The van der Waals surface area contributed by atoms with E-state index in [9.17, 15) is 0 Å². The van der Waals surface area contributed by atoms with E-state index in [1.54, 1.807) is 14.2 Å². The van der Waals surface area contributed by atoms with Gasteiger partial charge in [0.2, 0.25) is 0 Å². The molecule has 0 heterocycles. The minimum absolute atomic E-state index is 0.289. The molecule has 0 rings (SSSR count). The van der Waals surface area contributed by atoms with Crippen molar-refractivity contribution in [3.8, 4) is 0 Å². The van der Waals surface area contributed by atoms with Crippen LogP contribution in [0.3, 0.4) is 0 Å². The summed E-state index contributed by atoms with van der Waals surface area (Å²) in [5.41, 5.74) is 0. The number of rotatable bonds is 3. The third kappa shape index (κ3) is 4.01. The van der Waals surface area contributed by atoms with Gasteiger partial charge < -0.3 is 0 Å². The summed E-state index contributed by atoms with van der Waals surface area (Å²) in [5, 5.41) is 0. The van der Waals surface area contributed by atoms with Gasteiger partial charge in [0.25, 0.3) is 0 Å². The molecule has 0 saturated carbocycles. The first kappa shape index (κ1) is 8.48. The van der Waals surface area contributed by atoms with Gasteiger partial charge in [-0.1, -0.05) is 0 Å². The summed E-state index contributed by atoms with van der Waals surface area (Å²) >= 11 is -1.88. The second-order valence-electron chi connectivity index (χ2n) is 0.996. The van der Waals surface area contributed by atoms with Crippen LogP contribution in [-0.2, 0) is 7.56 Å². The molecule has 0 spiro atoms. The molecular formula is C2H10O3Sn2. The zero-order valence-electron chi connectivity index (χ0n) is 4.80. The van der Waals surface area contributed by atoms with Gasteiger partial charge in [0.15, 0.2) is 0 Å². The Labute approximate surface area is 65.3 Å². The normalized spacial score (nSPS) is 10.7. The van der Waals surface area contributed by atoms with Gasteiger partial charge in [-0.25, -0.2) is 0 Å². The van der Waals surface area contributed by atoms with Crippen LogP contribution < -0.4 is 0 Å². The van der Waals surface area contributed by atoms with Crippen LogP contribution in [0, 0.1) is 0 Å². The second kappa shape index (κ2) is 5.61. The number of hydrogen-bond donors (Lipinski definition) is 0. The molecule has 0 aromatic rings. The van der Waals surface area contributed by atoms with Gasteiger partial charge in [0, 0.05) is 0 Å². The molecule has 44 valence electrons. The van der Waals surface area contributed by atoms with Gasteiger partial charge in [-0.3, -0.25) is 0 Å². The third-order valence-electron chi connectivity index (χ3n) is 0.577. The van der Waals surface area contributed by atoms with Crippen molar-refractivity contribution in [3.05, 3.63) is 0 Å². The van der Waals surface area contributed by atoms with Gasteiger partial charge in [-0.15, -0.1) is 0 Å². The van der Waals surface area contributed by atoms with Gasteiger partial charge in [-0.2, -0.15) is 0 Å². The molecule has 7 heavy (non-hydrogen) atoms. The maximum atomic E-state index is 5.02. The summed E-state index contributed by atoms with van der Waals surface area (Å²) < 4.78 is 14.8. The molecule has 0 radical (unpaired) electrons. The summed E-state index contributed by atoms with van der Waals surface area (Å²) in [6, 6.07) is 0. The summed E-state index contributed by atoms with van der Waals surface area (Å²) in [4.78, 5) is 0. The van der Waals surface area contributed by atoms with Crippen molar-refractivity contribution in [2.24, 2.45) is 0 Å². The standard InChI is InChI=1S/2CH3O.O.2Sn.4H/c2*1-2;;;;;;;/h2*1H3;;;;;;;/q2*-1;;;+2;;;;. The third-order valence-corrected chi connectivity index (χ3v) is 11.2. The molecule has 0 aromatic carbocycles. The molecule has 0 atom stereocenters. The monoisotopic (exact) mass is 322 g/mol. The zero-order valence-corrected chi connectivity index (χ0v) is 13.8. The van der Waals surface area contributed by atoms with Gasteiger partial charge >= 0.3 is 65.7 Å². The van der Waals surface area contributed by atoms with E-state index in [1.807, 2.05) is 0 Å². The van der Waals surface area contributed by atoms with Crippen LogP contribution in [-0.4, -0.2) is 58.2 Å². The van der Waals surface area contributed by atoms with Crippen LogP contribution in [0.25, 0.3) is 0 Å². The molecule has 3 nitrogen and oxygen atoms in total. The Morgan fingerprint density at radius 2 is 1.71 bits per heavy atom.